The highest BCUT2D eigenvalue weighted by molar-refractivity contribution is 5.88. The van der Waals surface area contributed by atoms with E-state index in [4.69, 9.17) is 14.2 Å². The third-order valence-electron chi connectivity index (χ3n) is 4.85. The summed E-state index contributed by atoms with van der Waals surface area (Å²) in [6.45, 7) is 1.29. The van der Waals surface area contributed by atoms with E-state index in [-0.39, 0.29) is 5.56 Å². The van der Waals surface area contributed by atoms with Crippen molar-refractivity contribution in [1.29, 1.82) is 0 Å². The molecule has 0 radical (unpaired) electrons. The normalized spacial score (nSPS) is 24.6. The van der Waals surface area contributed by atoms with Gasteiger partial charge in [0.05, 0.1) is 11.5 Å². The van der Waals surface area contributed by atoms with E-state index in [0.29, 0.717) is 9.13 Å². The quantitative estimate of drug-likeness (QED) is 0.500. The molecule has 178 valence electrons. The van der Waals surface area contributed by atoms with Gasteiger partial charge in [0.15, 0.2) is 19.6 Å². The number of ether oxygens (including phenoxy) is 3. The van der Waals surface area contributed by atoms with E-state index in [1.807, 2.05) is 0 Å². The maximum atomic E-state index is 15.2. The van der Waals surface area contributed by atoms with Crippen LogP contribution in [0.25, 0.3) is 0 Å². The van der Waals surface area contributed by atoms with Crippen molar-refractivity contribution in [1.82, 2.24) is 14.1 Å². The lowest BCUT2D eigenvalue weighted by atomic mass is 10.1. The number of pyridine rings is 1. The number of esters is 2. The summed E-state index contributed by atoms with van der Waals surface area (Å²) < 4.78 is 31.2. The van der Waals surface area contributed by atoms with E-state index in [1.54, 1.807) is 13.8 Å². The molecule has 13 heteroatoms. The van der Waals surface area contributed by atoms with E-state index in [9.17, 15) is 29.4 Å². The van der Waals surface area contributed by atoms with Gasteiger partial charge in [0, 0.05) is 24.7 Å². The first-order valence-electron chi connectivity index (χ1n) is 9.84. The molecule has 12 nitrogen and oxygen atoms in total. The molecule has 1 aliphatic rings. The molecule has 0 aliphatic carbocycles. The van der Waals surface area contributed by atoms with Crippen molar-refractivity contribution in [3.05, 3.63) is 63.2 Å². The summed E-state index contributed by atoms with van der Waals surface area (Å²) in [7, 11) is 0. The highest BCUT2D eigenvalue weighted by Gasteiger charge is 2.57. The molecule has 2 N–H and O–H groups in total. The van der Waals surface area contributed by atoms with Gasteiger partial charge in [0.25, 0.3) is 11.4 Å². The predicted octanol–water partition coefficient (Wildman–Crippen LogP) is -0.665. The third-order valence-corrected chi connectivity index (χ3v) is 4.85. The molecule has 1 fully saturated rings. The second-order valence-electron chi connectivity index (χ2n) is 7.57. The van der Waals surface area contributed by atoms with Gasteiger partial charge in [-0.3, -0.25) is 19.1 Å². The lowest BCUT2D eigenvalue weighted by molar-refractivity contribution is -0.207. The fourth-order valence-corrected chi connectivity index (χ4v) is 2.96. The number of hydrogen-bond donors (Lipinski definition) is 2. The lowest BCUT2D eigenvalue weighted by Gasteiger charge is -2.22. The Morgan fingerprint density at radius 3 is 2.64 bits per heavy atom. The van der Waals surface area contributed by atoms with Crippen molar-refractivity contribution in [3.63, 3.8) is 0 Å². The van der Waals surface area contributed by atoms with Crippen LogP contribution >= 0.6 is 0 Å². The molecule has 1 aliphatic heterocycles. The predicted molar refractivity (Wildman–Crippen MR) is 106 cm³/mol. The Hall–Kier alpha value is -3.42. The van der Waals surface area contributed by atoms with Crippen molar-refractivity contribution in [2.45, 2.75) is 44.9 Å². The van der Waals surface area contributed by atoms with Gasteiger partial charge in [-0.25, -0.2) is 18.5 Å². The number of hydrogen-bond acceptors (Lipinski definition) is 10. The number of aliphatic hydroxyl groups excluding tert-OH is 2. The Morgan fingerprint density at radius 2 is 2.00 bits per heavy atom. The van der Waals surface area contributed by atoms with E-state index in [0.717, 1.165) is 12.3 Å². The summed E-state index contributed by atoms with van der Waals surface area (Å²) in [5, 5.41) is 20.5. The maximum Gasteiger partial charge on any atom is 0.339 e. The Bertz CT molecular complexity index is 1130. The summed E-state index contributed by atoms with van der Waals surface area (Å²) in [6.07, 6.45) is -2.41. The number of carbonyl (C=O) groups excluding carboxylic acids is 2. The van der Waals surface area contributed by atoms with Crippen LogP contribution in [0.2, 0.25) is 0 Å². The molecule has 0 spiro atoms. The number of rotatable bonds is 7. The first-order chi connectivity index (χ1) is 15.5. The largest absolute Gasteiger partial charge is 0.456 e. The minimum absolute atomic E-state index is 0.0184. The fourth-order valence-electron chi connectivity index (χ4n) is 2.96. The van der Waals surface area contributed by atoms with Crippen LogP contribution in [0.3, 0.4) is 0 Å². The van der Waals surface area contributed by atoms with Crippen LogP contribution < -0.4 is 11.2 Å². The Morgan fingerprint density at radius 1 is 1.27 bits per heavy atom. The van der Waals surface area contributed by atoms with Crippen LogP contribution in [0.4, 0.5) is 4.39 Å². The molecule has 0 saturated carbocycles. The van der Waals surface area contributed by atoms with Crippen LogP contribution in [0.15, 0.2) is 46.4 Å². The highest BCUT2D eigenvalue weighted by atomic mass is 19.2. The highest BCUT2D eigenvalue weighted by Crippen LogP contribution is 2.38. The van der Waals surface area contributed by atoms with E-state index in [2.05, 4.69) is 4.98 Å². The van der Waals surface area contributed by atoms with E-state index >= 15 is 4.39 Å². The van der Waals surface area contributed by atoms with Gasteiger partial charge in [-0.15, -0.1) is 0 Å². The van der Waals surface area contributed by atoms with Crippen LogP contribution in [-0.2, 0) is 25.7 Å². The van der Waals surface area contributed by atoms with Crippen LogP contribution in [-0.4, -0.2) is 60.9 Å². The molecule has 2 aromatic rings. The third kappa shape index (κ3) is 4.99. The first kappa shape index (κ1) is 24.2. The van der Waals surface area contributed by atoms with Gasteiger partial charge in [-0.05, 0) is 12.1 Å². The summed E-state index contributed by atoms with van der Waals surface area (Å²) in [5.41, 5.74) is -1.89. The van der Waals surface area contributed by atoms with Crippen LogP contribution in [0, 0.1) is 5.92 Å². The molecule has 0 unspecified atom stereocenters. The average molecular weight is 467 g/mol. The standard InChI is InChI=1S/C20H22FN3O9/c1-11(2)17(28)32-10-24-13(25)5-7-23(19(24)30)16-14(26)15(27)20(21,33-16)9-31-18(29)12-4-3-6-22-8-12/h3-8,11,14-16,26-27H,9-10H2,1-2H3/t14-,15+,16-,20-/m1/s1. The number of nitrogens with zero attached hydrogens (tertiary/aromatic N) is 3. The van der Waals surface area contributed by atoms with Crippen molar-refractivity contribution in [3.8, 4) is 0 Å². The summed E-state index contributed by atoms with van der Waals surface area (Å²) >= 11 is 0. The fraction of sp³-hybridized carbons (Fsp3) is 0.450. The van der Waals surface area contributed by atoms with Crippen LogP contribution in [0.5, 0.6) is 0 Å². The van der Waals surface area contributed by atoms with Gasteiger partial charge >= 0.3 is 17.6 Å². The number of carbonyl (C=O) groups is 2. The van der Waals surface area contributed by atoms with E-state index in [1.165, 1.54) is 24.5 Å². The van der Waals surface area contributed by atoms with Gasteiger partial charge in [-0.1, -0.05) is 13.8 Å². The number of aromatic nitrogens is 3. The van der Waals surface area contributed by atoms with Crippen LogP contribution in [0.1, 0.15) is 30.4 Å². The van der Waals surface area contributed by atoms with Gasteiger partial charge in [-0.2, -0.15) is 0 Å². The number of alkyl halides is 1. The van der Waals surface area contributed by atoms with Gasteiger partial charge in [0.1, 0.15) is 12.2 Å². The maximum absolute atomic E-state index is 15.2. The molecule has 1 saturated heterocycles. The van der Waals surface area contributed by atoms with Gasteiger partial charge in [0.2, 0.25) is 0 Å². The number of aliphatic hydroxyl groups is 2. The SMILES string of the molecule is CC(C)C(=O)OCn1c(=O)ccn([C@@H]2O[C@](F)(COC(=O)c3cccnc3)[C@@H](O)[C@H]2O)c1=O. The zero-order valence-electron chi connectivity index (χ0n) is 17.7. The first-order valence-corrected chi connectivity index (χ1v) is 9.84. The monoisotopic (exact) mass is 467 g/mol. The minimum Gasteiger partial charge on any atom is -0.456 e. The van der Waals surface area contributed by atoms with Crippen molar-refractivity contribution >= 4 is 11.9 Å². The molecule has 33 heavy (non-hydrogen) atoms. The Kier molecular flexibility index (Phi) is 7.05. The molecule has 0 aromatic carbocycles. The second kappa shape index (κ2) is 9.60. The topological polar surface area (TPSA) is 159 Å². The van der Waals surface area contributed by atoms with Crippen molar-refractivity contribution in [2.24, 2.45) is 5.92 Å². The molecule has 3 heterocycles. The molecule has 4 atom stereocenters. The minimum atomic E-state index is -3.06. The zero-order chi connectivity index (χ0) is 24.3. The van der Waals surface area contributed by atoms with Crippen molar-refractivity contribution in [2.75, 3.05) is 6.61 Å². The molecule has 0 bridgehead atoms. The molecular weight excluding hydrogens is 445 g/mol. The Labute approximate surface area is 185 Å². The summed E-state index contributed by atoms with van der Waals surface area (Å²) in [5.74, 6) is -5.19. The second-order valence-corrected chi connectivity index (χ2v) is 7.57. The lowest BCUT2D eigenvalue weighted by Crippen LogP contribution is -2.44. The van der Waals surface area contributed by atoms with Crippen molar-refractivity contribution < 1.29 is 38.4 Å². The summed E-state index contributed by atoms with van der Waals surface area (Å²) in [4.78, 5) is 52.2. The average Bonchev–Trinajstić information content (AvgIpc) is 3.02. The smallest absolute Gasteiger partial charge is 0.339 e. The molecular formula is C20H22FN3O9. The molecule has 0 amide bonds. The molecule has 3 rings (SSSR count). The summed E-state index contributed by atoms with van der Waals surface area (Å²) in [6, 6.07) is 3.74. The Balaban J connectivity index is 1.79. The van der Waals surface area contributed by atoms with Gasteiger partial charge < -0.3 is 24.4 Å². The number of halogens is 1. The zero-order valence-corrected chi connectivity index (χ0v) is 17.7. The van der Waals surface area contributed by atoms with E-state index < -0.39 is 66.7 Å². The molecule has 2 aromatic heterocycles.